The van der Waals surface area contributed by atoms with Crippen molar-refractivity contribution in [2.45, 2.75) is 206 Å². The van der Waals surface area contributed by atoms with E-state index in [1.54, 1.807) is 58.1 Å². The quantitative estimate of drug-likeness (QED) is 0.0807. The second-order valence-electron chi connectivity index (χ2n) is 23.9. The maximum atomic E-state index is 14.6. The van der Waals surface area contributed by atoms with Gasteiger partial charge >= 0.3 is 5.97 Å². The first-order valence-electron chi connectivity index (χ1n) is 29.0. The van der Waals surface area contributed by atoms with Crippen LogP contribution in [0.3, 0.4) is 0 Å². The Bertz CT molecular complexity index is 2380. The van der Waals surface area contributed by atoms with Gasteiger partial charge in [0.1, 0.15) is 35.7 Å². The Balaban J connectivity index is 1.20. The number of esters is 1. The molecule has 4 fully saturated rings. The number of nitrogens with zero attached hydrogens (tertiary/aromatic N) is 1. The largest absolute Gasteiger partial charge is 0.508 e. The first kappa shape index (κ1) is 63.2. The molecular formula is C61H93N5O13. The number of benzene rings is 1. The van der Waals surface area contributed by atoms with Crippen LogP contribution in [0.1, 0.15) is 139 Å². The number of phenols is 1. The molecule has 0 radical (unpaired) electrons. The number of fused-ring (bicyclic) bond motifs is 3. The van der Waals surface area contributed by atoms with E-state index in [2.05, 4.69) is 28.3 Å². The van der Waals surface area contributed by atoms with Crippen LogP contribution >= 0.6 is 0 Å². The summed E-state index contributed by atoms with van der Waals surface area (Å²) < 4.78 is 25.2. The average molecular weight is 1100 g/mol. The molecule has 79 heavy (non-hydrogen) atoms. The number of cyclic esters (lactones) is 1. The number of rotatable bonds is 13. The van der Waals surface area contributed by atoms with Gasteiger partial charge in [0.15, 0.2) is 5.79 Å². The number of phenolic OH excluding ortho intramolecular Hbond substituents is 1. The van der Waals surface area contributed by atoms with Gasteiger partial charge in [-0.15, -0.1) is 0 Å². The predicted octanol–water partition coefficient (Wildman–Crippen LogP) is 6.22. The van der Waals surface area contributed by atoms with E-state index in [1.807, 2.05) is 58.9 Å². The van der Waals surface area contributed by atoms with Crippen LogP contribution in [0.15, 0.2) is 72.4 Å². The molecule has 18 heteroatoms. The number of carbonyl (C=O) groups excluding carboxylic acids is 5. The number of aromatic hydroxyl groups is 1. The fraction of sp³-hybridized carbons (Fsp3) is 0.689. The molecule has 1 aromatic carbocycles. The summed E-state index contributed by atoms with van der Waals surface area (Å²) in [7, 11) is 1.53. The van der Waals surface area contributed by atoms with Crippen molar-refractivity contribution in [3.63, 3.8) is 0 Å². The number of amides is 4. The van der Waals surface area contributed by atoms with Gasteiger partial charge in [-0.25, -0.2) is 5.43 Å². The molecule has 1 spiro atoms. The number of ether oxygens (including phenoxy) is 4. The van der Waals surface area contributed by atoms with Crippen LogP contribution in [0.5, 0.6) is 5.75 Å². The number of hydrogen-bond acceptors (Lipinski definition) is 14. The highest BCUT2D eigenvalue weighted by Crippen LogP contribution is 2.46. The van der Waals surface area contributed by atoms with E-state index in [9.17, 15) is 44.4 Å². The summed E-state index contributed by atoms with van der Waals surface area (Å²) in [5.74, 6) is -5.81. The molecule has 0 aliphatic carbocycles. The Kier molecular flexibility index (Phi) is 22.5. The third kappa shape index (κ3) is 15.7. The number of hydrogen-bond donors (Lipinski definition) is 8. The lowest BCUT2D eigenvalue weighted by Gasteiger charge is -2.56. The zero-order chi connectivity index (χ0) is 57.9. The summed E-state index contributed by atoms with van der Waals surface area (Å²) in [6.07, 6.45) is 13.0. The van der Waals surface area contributed by atoms with Gasteiger partial charge in [-0.3, -0.25) is 29.0 Å². The van der Waals surface area contributed by atoms with Gasteiger partial charge in [0.2, 0.25) is 17.7 Å². The van der Waals surface area contributed by atoms with Crippen LogP contribution in [0, 0.1) is 47.3 Å². The van der Waals surface area contributed by atoms with Crippen molar-refractivity contribution in [2.75, 3.05) is 13.7 Å². The fourth-order valence-corrected chi connectivity index (χ4v) is 12.1. The molecule has 8 N–H and O–H groups in total. The van der Waals surface area contributed by atoms with Crippen LogP contribution in [-0.4, -0.2) is 135 Å². The molecule has 18 atom stereocenters. The van der Waals surface area contributed by atoms with Crippen LogP contribution < -0.4 is 21.4 Å². The molecule has 1 aromatic rings. The van der Waals surface area contributed by atoms with E-state index in [0.717, 1.165) is 12.0 Å². The molecule has 5 heterocycles. The molecule has 4 saturated heterocycles. The zero-order valence-electron chi connectivity index (χ0n) is 48.6. The Labute approximate surface area is 468 Å². The minimum Gasteiger partial charge on any atom is -0.508 e. The normalized spacial score (nSPS) is 37.4. The number of methoxy groups -OCH3 is 1. The highest BCUT2D eigenvalue weighted by Gasteiger charge is 2.57. The average Bonchev–Trinajstić information content (AvgIpc) is 3.55. The van der Waals surface area contributed by atoms with Gasteiger partial charge in [0.25, 0.3) is 5.91 Å². The first-order valence-corrected chi connectivity index (χ1v) is 29.0. The van der Waals surface area contributed by atoms with Crippen LogP contribution in [-0.2, 0) is 49.3 Å². The highest BCUT2D eigenvalue weighted by atomic mass is 16.7. The third-order valence-corrected chi connectivity index (χ3v) is 17.8. The van der Waals surface area contributed by atoms with Crippen molar-refractivity contribution in [1.82, 2.24) is 26.4 Å². The molecular weight excluding hydrogens is 1010 g/mol. The molecule has 0 aromatic heterocycles. The summed E-state index contributed by atoms with van der Waals surface area (Å²) >= 11 is 0. The second kappa shape index (κ2) is 28.2. The number of aliphatic hydroxyl groups is 3. The lowest BCUT2D eigenvalue weighted by atomic mass is 9.69. The topological polar surface area (TPSA) is 255 Å². The fourth-order valence-electron chi connectivity index (χ4n) is 12.1. The highest BCUT2D eigenvalue weighted by molar-refractivity contribution is 5.93. The van der Waals surface area contributed by atoms with Gasteiger partial charge < -0.3 is 55.3 Å². The SMILES string of the molecule is CC[C@H]1C[C@H](C)[C@@]2(NC1=O)O[C@@H](C[C@H](O)[C@@H](C)CC/C=C/C=C(\C)[C@@H]1C/C=C/C=C/[C@H](O)[C@H](C)[C@H]3O[C@](C)(OC)CC[C@H]3C(=O)N[C@@H](C(C)C)C(=O)N[C@@H](Cc3cccc(O)c3)C(=O)N3CCCC(N3)C(=O)O1)[C@H](C)[C@H](O)[C@@H]2C. The molecule has 5 aliphatic heterocycles. The maximum Gasteiger partial charge on any atom is 0.325 e. The predicted molar refractivity (Wildman–Crippen MR) is 299 cm³/mol. The van der Waals surface area contributed by atoms with Crippen LogP contribution in [0.25, 0.3) is 0 Å². The van der Waals surface area contributed by atoms with Crippen LogP contribution in [0.2, 0.25) is 0 Å². The van der Waals surface area contributed by atoms with E-state index < -0.39 is 108 Å². The summed E-state index contributed by atoms with van der Waals surface area (Å²) in [6.45, 7) is 19.2. The molecule has 440 valence electrons. The van der Waals surface area contributed by atoms with E-state index >= 15 is 0 Å². The summed E-state index contributed by atoms with van der Waals surface area (Å²) in [5.41, 5.74) is 3.39. The van der Waals surface area contributed by atoms with Gasteiger partial charge in [-0.05, 0) is 93.9 Å². The van der Waals surface area contributed by atoms with E-state index in [-0.39, 0.29) is 60.6 Å². The maximum absolute atomic E-state index is 14.6. The van der Waals surface area contributed by atoms with Gasteiger partial charge in [-0.1, -0.05) is 110 Å². The number of nitrogens with one attached hydrogen (secondary N) is 4. The Morgan fingerprint density at radius 3 is 2.42 bits per heavy atom. The third-order valence-electron chi connectivity index (χ3n) is 17.8. The molecule has 1 unspecified atom stereocenters. The number of hydrazine groups is 1. The molecule has 6 rings (SSSR count). The van der Waals surface area contributed by atoms with E-state index in [4.69, 9.17) is 18.9 Å². The summed E-state index contributed by atoms with van der Waals surface area (Å²) in [6, 6.07) is 3.25. The molecule has 0 saturated carbocycles. The molecule has 2 bridgehead atoms. The van der Waals surface area contributed by atoms with Crippen molar-refractivity contribution in [3.8, 4) is 5.75 Å². The molecule has 4 amide bonds. The standard InChI is InChI=1S/C61H93N5O13/c1-12-43-31-38(6)61(64-55(43)71)41(9)53(70)40(8)51(78-61)34-49(69)36(4)21-15-13-16-22-37(5)50-27-18-14-17-26-48(68)39(7)54-45(28-29-60(10,76-11)79-54)56(72)63-52(35(2)3)57(73)62-47(33-42-23-19-24-44(67)32-42)58(74)66-30-20-25-46(65-66)59(75)77-50/h13-14,16-19,22-24,26,32,35-36,38-41,43,45-54,65,67-70H,12,15,20-21,25,27-31,33-34H2,1-11H3,(H,62,73)(H,63,72)(H,64,71)/b16-13+,18-14+,26-17+,37-22+/t36-,38-,39-,40-,41-,43-,45+,46?,47-,48-,49-,50-,51-,52-,53-,54+,60-,61+/m0/s1. The molecule has 18 nitrogen and oxygen atoms in total. The minimum atomic E-state index is -1.17. The second-order valence-corrected chi connectivity index (χ2v) is 23.9. The van der Waals surface area contributed by atoms with Crippen molar-refractivity contribution in [3.05, 3.63) is 77.9 Å². The van der Waals surface area contributed by atoms with Crippen molar-refractivity contribution in [2.24, 2.45) is 47.3 Å². The van der Waals surface area contributed by atoms with Gasteiger partial charge in [0.05, 0.1) is 36.4 Å². The monoisotopic (exact) mass is 1100 g/mol. The lowest BCUT2D eigenvalue weighted by Crippen LogP contribution is -2.71. The van der Waals surface area contributed by atoms with E-state index in [1.165, 1.54) is 24.3 Å². The van der Waals surface area contributed by atoms with E-state index in [0.29, 0.717) is 56.9 Å². The van der Waals surface area contributed by atoms with Gasteiger partial charge in [-0.2, -0.15) is 0 Å². The van der Waals surface area contributed by atoms with Crippen molar-refractivity contribution in [1.29, 1.82) is 0 Å². The first-order chi connectivity index (χ1) is 37.4. The lowest BCUT2D eigenvalue weighted by molar-refractivity contribution is -0.280. The molecule has 5 aliphatic rings. The number of piperidine rings is 1. The van der Waals surface area contributed by atoms with Crippen molar-refractivity contribution < 1.29 is 63.3 Å². The number of carbonyl (C=O) groups is 5. The Morgan fingerprint density at radius 1 is 0.975 bits per heavy atom. The summed E-state index contributed by atoms with van der Waals surface area (Å²) in [5, 5.41) is 55.2. The smallest absolute Gasteiger partial charge is 0.325 e. The number of allylic oxidation sites excluding steroid dienone is 5. The van der Waals surface area contributed by atoms with Crippen molar-refractivity contribution >= 4 is 29.6 Å². The van der Waals surface area contributed by atoms with Crippen LogP contribution in [0.4, 0.5) is 0 Å². The van der Waals surface area contributed by atoms with Gasteiger partial charge in [0, 0.05) is 68.9 Å². The Hall–Kier alpha value is -4.95. The zero-order valence-corrected chi connectivity index (χ0v) is 48.6. The summed E-state index contributed by atoms with van der Waals surface area (Å²) in [4.78, 5) is 70.6. The number of aliphatic hydroxyl groups excluding tert-OH is 3. The minimum absolute atomic E-state index is 0.00586. The Morgan fingerprint density at radius 2 is 1.72 bits per heavy atom.